The largest absolute Gasteiger partial charge is 0.479 e. The Bertz CT molecular complexity index is 106. The van der Waals surface area contributed by atoms with Crippen molar-refractivity contribution in [2.45, 2.75) is 39.0 Å². The SMILES string of the molecule is CCCC(NCC(C)C)[S+]=O. The molecule has 0 amide bonds. The standard InChI is InChI=1S/C8H18NOS/c1-4-5-8(11-10)9-6-7(2)3/h7-9H,4-6H2,1-3H3/q+1. The Hall–Kier alpha value is -0.0200. The van der Waals surface area contributed by atoms with Crippen molar-refractivity contribution in [1.82, 2.24) is 5.32 Å². The van der Waals surface area contributed by atoms with Crippen molar-refractivity contribution in [2.75, 3.05) is 6.54 Å². The van der Waals surface area contributed by atoms with Gasteiger partial charge in [0, 0.05) is 17.2 Å². The van der Waals surface area contributed by atoms with E-state index in [1.165, 1.54) is 0 Å². The van der Waals surface area contributed by atoms with Gasteiger partial charge in [0.15, 0.2) is 0 Å². The van der Waals surface area contributed by atoms with Crippen LogP contribution in [0.25, 0.3) is 0 Å². The number of rotatable bonds is 6. The minimum atomic E-state index is 0.113. The van der Waals surface area contributed by atoms with E-state index in [1.54, 1.807) is 0 Å². The highest BCUT2D eigenvalue weighted by atomic mass is 32.1. The van der Waals surface area contributed by atoms with Gasteiger partial charge in [0.05, 0.1) is 0 Å². The van der Waals surface area contributed by atoms with Crippen LogP contribution in [0.3, 0.4) is 0 Å². The van der Waals surface area contributed by atoms with E-state index in [1.807, 2.05) is 0 Å². The lowest BCUT2D eigenvalue weighted by Crippen LogP contribution is -2.31. The molecule has 1 N–H and O–H groups in total. The van der Waals surface area contributed by atoms with Gasteiger partial charge < -0.3 is 0 Å². The maximum atomic E-state index is 10.5. The second-order valence-corrected chi connectivity index (χ2v) is 3.94. The predicted molar refractivity (Wildman–Crippen MR) is 49.6 cm³/mol. The third-order valence-electron chi connectivity index (χ3n) is 1.42. The third-order valence-corrected chi connectivity index (χ3v) is 2.06. The maximum Gasteiger partial charge on any atom is 0.479 e. The summed E-state index contributed by atoms with van der Waals surface area (Å²) in [4.78, 5) is 0. The minimum Gasteiger partial charge on any atom is -0.260 e. The quantitative estimate of drug-likeness (QED) is 0.494. The molecule has 0 saturated carbocycles. The molecular formula is C8H18NOS+. The minimum absolute atomic E-state index is 0.113. The Morgan fingerprint density at radius 2 is 2.09 bits per heavy atom. The van der Waals surface area contributed by atoms with Crippen LogP contribution in [0, 0.1) is 5.92 Å². The van der Waals surface area contributed by atoms with Crippen LogP contribution >= 0.6 is 0 Å². The average molecular weight is 176 g/mol. The molecule has 3 heteroatoms. The predicted octanol–water partition coefficient (Wildman–Crippen LogP) is 1.79. The summed E-state index contributed by atoms with van der Waals surface area (Å²) in [7, 11) is 0. The molecule has 0 aromatic heterocycles. The van der Waals surface area contributed by atoms with Crippen LogP contribution in [0.5, 0.6) is 0 Å². The summed E-state index contributed by atoms with van der Waals surface area (Å²) in [6, 6.07) is 0. The fourth-order valence-corrected chi connectivity index (χ4v) is 1.31. The molecule has 0 aromatic carbocycles. The first-order chi connectivity index (χ1) is 5.20. The summed E-state index contributed by atoms with van der Waals surface area (Å²) >= 11 is 0.675. The monoisotopic (exact) mass is 176 g/mol. The molecule has 0 heterocycles. The molecule has 0 spiro atoms. The molecule has 2 nitrogen and oxygen atoms in total. The van der Waals surface area contributed by atoms with Gasteiger partial charge in [-0.25, -0.2) is 0 Å². The van der Waals surface area contributed by atoms with Crippen LogP contribution in [-0.4, -0.2) is 11.9 Å². The topological polar surface area (TPSA) is 29.1 Å². The second-order valence-electron chi connectivity index (χ2n) is 3.18. The molecule has 0 aliphatic heterocycles. The van der Waals surface area contributed by atoms with E-state index in [-0.39, 0.29) is 5.37 Å². The van der Waals surface area contributed by atoms with Crippen molar-refractivity contribution in [2.24, 2.45) is 5.92 Å². The highest BCUT2D eigenvalue weighted by molar-refractivity contribution is 7.66. The van der Waals surface area contributed by atoms with Crippen molar-refractivity contribution < 1.29 is 4.21 Å². The van der Waals surface area contributed by atoms with Crippen molar-refractivity contribution in [3.63, 3.8) is 0 Å². The summed E-state index contributed by atoms with van der Waals surface area (Å²) in [5.41, 5.74) is 0. The first-order valence-electron chi connectivity index (χ1n) is 4.22. The molecule has 0 aliphatic carbocycles. The zero-order chi connectivity index (χ0) is 8.69. The Morgan fingerprint density at radius 3 is 2.45 bits per heavy atom. The summed E-state index contributed by atoms with van der Waals surface area (Å²) in [5, 5.41) is 3.33. The summed E-state index contributed by atoms with van der Waals surface area (Å²) < 4.78 is 10.5. The van der Waals surface area contributed by atoms with Gasteiger partial charge in [-0.15, -0.1) is 0 Å². The zero-order valence-electron chi connectivity index (χ0n) is 7.59. The summed E-state index contributed by atoms with van der Waals surface area (Å²) in [5.74, 6) is 0.626. The molecule has 0 radical (unpaired) electrons. The third kappa shape index (κ3) is 6.38. The van der Waals surface area contributed by atoms with Crippen molar-refractivity contribution in [1.29, 1.82) is 0 Å². The van der Waals surface area contributed by atoms with Gasteiger partial charge in [0.2, 0.25) is 0 Å². The van der Waals surface area contributed by atoms with Gasteiger partial charge in [-0.2, -0.15) is 0 Å². The van der Waals surface area contributed by atoms with E-state index in [0.29, 0.717) is 17.6 Å². The van der Waals surface area contributed by atoms with E-state index in [4.69, 9.17) is 0 Å². The van der Waals surface area contributed by atoms with Crippen LogP contribution in [0.4, 0.5) is 0 Å². The molecule has 11 heavy (non-hydrogen) atoms. The second kappa shape index (κ2) is 6.68. The van der Waals surface area contributed by atoms with Crippen molar-refractivity contribution in [3.8, 4) is 0 Å². The molecule has 1 atom stereocenters. The first-order valence-corrected chi connectivity index (χ1v) is 5.03. The fraction of sp³-hybridized carbons (Fsp3) is 1.00. The van der Waals surface area contributed by atoms with Crippen LogP contribution < -0.4 is 5.32 Å². The Balaban J connectivity index is 3.43. The molecule has 66 valence electrons. The molecule has 1 unspecified atom stereocenters. The number of hydrogen-bond donors (Lipinski definition) is 1. The van der Waals surface area contributed by atoms with E-state index in [0.717, 1.165) is 19.4 Å². The van der Waals surface area contributed by atoms with Gasteiger partial charge in [-0.3, -0.25) is 5.32 Å². The van der Waals surface area contributed by atoms with Crippen LogP contribution in [0.2, 0.25) is 0 Å². The smallest absolute Gasteiger partial charge is 0.260 e. The highest BCUT2D eigenvalue weighted by Crippen LogP contribution is 1.96. The molecule has 0 aliphatic rings. The lowest BCUT2D eigenvalue weighted by molar-refractivity contribution is 0.506. The maximum absolute atomic E-state index is 10.5. The van der Waals surface area contributed by atoms with Crippen LogP contribution in [0.15, 0.2) is 0 Å². The van der Waals surface area contributed by atoms with E-state index in [2.05, 4.69) is 26.1 Å². The van der Waals surface area contributed by atoms with Gasteiger partial charge >= 0.3 is 11.7 Å². The normalized spacial score (nSPS) is 13.5. The first kappa shape index (κ1) is 11.0. The van der Waals surface area contributed by atoms with E-state index < -0.39 is 0 Å². The zero-order valence-corrected chi connectivity index (χ0v) is 8.41. The van der Waals surface area contributed by atoms with Crippen molar-refractivity contribution >= 4 is 11.7 Å². The summed E-state index contributed by atoms with van der Waals surface area (Å²) in [6.45, 7) is 7.33. The molecule has 0 bridgehead atoms. The average Bonchev–Trinajstić information content (AvgIpc) is 1.97. The summed E-state index contributed by atoms with van der Waals surface area (Å²) in [6.07, 6.45) is 2.05. The molecule has 0 rings (SSSR count). The fourth-order valence-electron chi connectivity index (χ4n) is 0.814. The Morgan fingerprint density at radius 1 is 1.45 bits per heavy atom. The van der Waals surface area contributed by atoms with Gasteiger partial charge in [-0.05, 0) is 12.3 Å². The molecular weight excluding hydrogens is 158 g/mol. The van der Waals surface area contributed by atoms with Gasteiger partial charge in [-0.1, -0.05) is 20.8 Å². The van der Waals surface area contributed by atoms with Gasteiger partial charge in [0.1, 0.15) is 0 Å². The van der Waals surface area contributed by atoms with Crippen LogP contribution in [-0.2, 0) is 15.9 Å². The van der Waals surface area contributed by atoms with E-state index >= 15 is 0 Å². The van der Waals surface area contributed by atoms with Crippen LogP contribution in [0.1, 0.15) is 33.6 Å². The number of nitrogens with one attached hydrogen (secondary N) is 1. The molecule has 0 fully saturated rings. The lowest BCUT2D eigenvalue weighted by Gasteiger charge is -2.05. The van der Waals surface area contributed by atoms with E-state index in [9.17, 15) is 4.21 Å². The lowest BCUT2D eigenvalue weighted by atomic mass is 10.2. The Labute approximate surface area is 73.2 Å². The van der Waals surface area contributed by atoms with Gasteiger partial charge in [0.25, 0.3) is 5.37 Å². The highest BCUT2D eigenvalue weighted by Gasteiger charge is 2.18. The Kier molecular flexibility index (Phi) is 6.66. The molecule has 0 aromatic rings. The number of hydrogen-bond acceptors (Lipinski definition) is 2. The van der Waals surface area contributed by atoms with Crippen molar-refractivity contribution in [3.05, 3.63) is 0 Å². The molecule has 0 saturated heterocycles.